The quantitative estimate of drug-likeness (QED) is 0.683. The lowest BCUT2D eigenvalue weighted by Gasteiger charge is -2.28. The molecule has 1 fully saturated rings. The molecule has 1 aliphatic heterocycles. The summed E-state index contributed by atoms with van der Waals surface area (Å²) in [6.45, 7) is 4.07. The third kappa shape index (κ3) is 4.87. The fourth-order valence-corrected chi connectivity index (χ4v) is 3.37. The SMILES string of the molecule is Cc1cc(N2CCCCC2)nc(Nc2ccc(NC(=O)c3ccncc3)cc2)n1. The molecule has 148 valence electrons. The van der Waals surface area contributed by atoms with Crippen molar-refractivity contribution in [1.29, 1.82) is 0 Å². The maximum Gasteiger partial charge on any atom is 0.255 e. The maximum atomic E-state index is 12.2. The molecule has 0 bridgehead atoms. The van der Waals surface area contributed by atoms with Gasteiger partial charge in [-0.3, -0.25) is 9.78 Å². The highest BCUT2D eigenvalue weighted by Crippen LogP contribution is 2.22. The molecule has 2 aromatic heterocycles. The van der Waals surface area contributed by atoms with Gasteiger partial charge in [-0.25, -0.2) is 4.98 Å². The highest BCUT2D eigenvalue weighted by atomic mass is 16.1. The molecule has 0 radical (unpaired) electrons. The van der Waals surface area contributed by atoms with Gasteiger partial charge in [0.05, 0.1) is 0 Å². The number of benzene rings is 1. The van der Waals surface area contributed by atoms with E-state index >= 15 is 0 Å². The van der Waals surface area contributed by atoms with Crippen LogP contribution in [-0.2, 0) is 0 Å². The summed E-state index contributed by atoms with van der Waals surface area (Å²) in [7, 11) is 0. The van der Waals surface area contributed by atoms with Crippen LogP contribution in [0.2, 0.25) is 0 Å². The first-order valence-corrected chi connectivity index (χ1v) is 9.86. The fourth-order valence-electron chi connectivity index (χ4n) is 3.37. The fraction of sp³-hybridized carbons (Fsp3) is 0.273. The van der Waals surface area contributed by atoms with Crippen molar-refractivity contribution in [2.45, 2.75) is 26.2 Å². The lowest BCUT2D eigenvalue weighted by atomic mass is 10.1. The second-order valence-electron chi connectivity index (χ2n) is 7.13. The zero-order valence-corrected chi connectivity index (χ0v) is 16.4. The number of aryl methyl sites for hydroxylation is 1. The van der Waals surface area contributed by atoms with Gasteiger partial charge in [-0.2, -0.15) is 4.98 Å². The van der Waals surface area contributed by atoms with Gasteiger partial charge in [0.1, 0.15) is 5.82 Å². The summed E-state index contributed by atoms with van der Waals surface area (Å²) >= 11 is 0. The predicted molar refractivity (Wildman–Crippen MR) is 115 cm³/mol. The van der Waals surface area contributed by atoms with Gasteiger partial charge >= 0.3 is 0 Å². The van der Waals surface area contributed by atoms with Crippen LogP contribution in [0.15, 0.2) is 54.9 Å². The van der Waals surface area contributed by atoms with E-state index in [0.717, 1.165) is 36.0 Å². The molecule has 0 saturated carbocycles. The Kier molecular flexibility index (Phi) is 5.65. The summed E-state index contributed by atoms with van der Waals surface area (Å²) in [6, 6.07) is 12.9. The van der Waals surface area contributed by atoms with Gasteiger partial charge in [0, 0.05) is 54.2 Å². The van der Waals surface area contributed by atoms with Crippen LogP contribution in [-0.4, -0.2) is 33.9 Å². The van der Waals surface area contributed by atoms with Gasteiger partial charge in [-0.05, 0) is 62.6 Å². The minimum Gasteiger partial charge on any atom is -0.356 e. The van der Waals surface area contributed by atoms with E-state index in [1.165, 1.54) is 19.3 Å². The molecule has 0 spiro atoms. The highest BCUT2D eigenvalue weighted by molar-refractivity contribution is 6.04. The normalized spacial score (nSPS) is 13.8. The number of nitrogens with zero attached hydrogens (tertiary/aromatic N) is 4. The molecule has 0 unspecified atom stereocenters. The lowest BCUT2D eigenvalue weighted by Crippen LogP contribution is -2.30. The van der Waals surface area contributed by atoms with E-state index in [-0.39, 0.29) is 5.91 Å². The van der Waals surface area contributed by atoms with Gasteiger partial charge in [0.25, 0.3) is 5.91 Å². The van der Waals surface area contributed by atoms with E-state index in [1.807, 2.05) is 37.3 Å². The first kappa shape index (κ1) is 18.9. The van der Waals surface area contributed by atoms with Crippen molar-refractivity contribution in [2.24, 2.45) is 0 Å². The summed E-state index contributed by atoms with van der Waals surface area (Å²) in [5.41, 5.74) is 3.09. The molecule has 1 amide bonds. The number of piperidine rings is 1. The van der Waals surface area contributed by atoms with Crippen LogP contribution < -0.4 is 15.5 Å². The van der Waals surface area contributed by atoms with E-state index in [1.54, 1.807) is 24.5 Å². The van der Waals surface area contributed by atoms with Crippen LogP contribution in [0.4, 0.5) is 23.1 Å². The molecule has 4 rings (SSSR count). The molecule has 7 heteroatoms. The monoisotopic (exact) mass is 388 g/mol. The Morgan fingerprint density at radius 2 is 1.62 bits per heavy atom. The summed E-state index contributed by atoms with van der Waals surface area (Å²) < 4.78 is 0. The number of rotatable bonds is 5. The minimum atomic E-state index is -0.165. The predicted octanol–water partition coefficient (Wildman–Crippen LogP) is 4.17. The molecule has 2 N–H and O–H groups in total. The average molecular weight is 388 g/mol. The Morgan fingerprint density at radius 1 is 0.931 bits per heavy atom. The van der Waals surface area contributed by atoms with Crippen molar-refractivity contribution in [3.05, 3.63) is 66.1 Å². The van der Waals surface area contributed by atoms with Crippen LogP contribution in [0.25, 0.3) is 0 Å². The van der Waals surface area contributed by atoms with Crippen LogP contribution in [0.1, 0.15) is 35.3 Å². The number of aromatic nitrogens is 3. The Balaban J connectivity index is 1.43. The Labute approximate surface area is 170 Å². The van der Waals surface area contributed by atoms with Crippen molar-refractivity contribution in [3.63, 3.8) is 0 Å². The second kappa shape index (κ2) is 8.68. The van der Waals surface area contributed by atoms with Gasteiger partial charge in [-0.1, -0.05) is 0 Å². The van der Waals surface area contributed by atoms with E-state index in [0.29, 0.717) is 11.5 Å². The second-order valence-corrected chi connectivity index (χ2v) is 7.13. The van der Waals surface area contributed by atoms with Crippen molar-refractivity contribution >= 4 is 29.0 Å². The van der Waals surface area contributed by atoms with Crippen LogP contribution in [0.3, 0.4) is 0 Å². The number of carbonyl (C=O) groups excluding carboxylic acids is 1. The van der Waals surface area contributed by atoms with Gasteiger partial charge in [-0.15, -0.1) is 0 Å². The summed E-state index contributed by atoms with van der Waals surface area (Å²) in [5.74, 6) is 1.39. The molecule has 1 aromatic carbocycles. The first-order valence-electron chi connectivity index (χ1n) is 9.86. The van der Waals surface area contributed by atoms with Crippen LogP contribution in [0, 0.1) is 6.92 Å². The molecule has 1 saturated heterocycles. The Hall–Kier alpha value is -3.48. The summed E-state index contributed by atoms with van der Waals surface area (Å²) in [5, 5.41) is 6.14. The third-order valence-corrected chi connectivity index (χ3v) is 4.86. The van der Waals surface area contributed by atoms with Gasteiger partial charge in [0.15, 0.2) is 0 Å². The molecular weight excluding hydrogens is 364 g/mol. The smallest absolute Gasteiger partial charge is 0.255 e. The zero-order valence-electron chi connectivity index (χ0n) is 16.4. The Morgan fingerprint density at radius 3 is 2.34 bits per heavy atom. The largest absolute Gasteiger partial charge is 0.356 e. The van der Waals surface area contributed by atoms with Crippen molar-refractivity contribution in [1.82, 2.24) is 15.0 Å². The molecule has 7 nitrogen and oxygen atoms in total. The summed E-state index contributed by atoms with van der Waals surface area (Å²) in [6.07, 6.45) is 6.90. The number of pyridine rings is 1. The van der Waals surface area contributed by atoms with Crippen molar-refractivity contribution in [3.8, 4) is 0 Å². The molecule has 3 heterocycles. The number of amides is 1. The topological polar surface area (TPSA) is 83.0 Å². The van der Waals surface area contributed by atoms with Crippen molar-refractivity contribution in [2.75, 3.05) is 28.6 Å². The molecule has 1 aliphatic rings. The standard InChI is InChI=1S/C22H24N6O/c1-16-15-20(28-13-3-2-4-14-28)27-22(24-16)26-19-7-5-18(6-8-19)25-21(29)17-9-11-23-12-10-17/h5-12,15H,2-4,13-14H2,1H3,(H,25,29)(H,24,26,27). The molecule has 3 aromatic rings. The van der Waals surface area contributed by atoms with Crippen molar-refractivity contribution < 1.29 is 4.79 Å². The zero-order chi connectivity index (χ0) is 20.1. The van der Waals surface area contributed by atoms with E-state index < -0.39 is 0 Å². The van der Waals surface area contributed by atoms with Gasteiger partial charge < -0.3 is 15.5 Å². The van der Waals surface area contributed by atoms with Crippen LogP contribution >= 0.6 is 0 Å². The minimum absolute atomic E-state index is 0.165. The summed E-state index contributed by atoms with van der Waals surface area (Å²) in [4.78, 5) is 27.7. The lowest BCUT2D eigenvalue weighted by molar-refractivity contribution is 0.102. The molecular formula is C22H24N6O. The van der Waals surface area contributed by atoms with E-state index in [2.05, 4.69) is 25.5 Å². The highest BCUT2D eigenvalue weighted by Gasteiger charge is 2.14. The first-order chi connectivity index (χ1) is 14.2. The number of nitrogens with one attached hydrogen (secondary N) is 2. The number of hydrogen-bond donors (Lipinski definition) is 2. The maximum absolute atomic E-state index is 12.2. The number of hydrogen-bond acceptors (Lipinski definition) is 6. The molecule has 0 aliphatic carbocycles. The molecule has 29 heavy (non-hydrogen) atoms. The Bertz CT molecular complexity index is 968. The van der Waals surface area contributed by atoms with Gasteiger partial charge in [0.2, 0.25) is 5.95 Å². The number of carbonyl (C=O) groups is 1. The number of anilines is 4. The van der Waals surface area contributed by atoms with Crippen LogP contribution in [0.5, 0.6) is 0 Å². The van der Waals surface area contributed by atoms with E-state index in [4.69, 9.17) is 4.98 Å². The van der Waals surface area contributed by atoms with E-state index in [9.17, 15) is 4.79 Å². The molecule has 0 atom stereocenters. The third-order valence-electron chi connectivity index (χ3n) is 4.86. The average Bonchev–Trinajstić information content (AvgIpc) is 2.76.